The minimum absolute atomic E-state index is 0.0289. The number of nitrogens with two attached hydrogens (primary N) is 3. The molecular weight excluding hydrogens is 250 g/mol. The maximum Gasteiger partial charge on any atom is 0.320 e. The van der Waals surface area contributed by atoms with Gasteiger partial charge in [0.25, 0.3) is 10.1 Å². The predicted octanol–water partition coefficient (Wildman–Crippen LogP) is -1.64. The Morgan fingerprint density at radius 2 is 1.71 bits per heavy atom. The summed E-state index contributed by atoms with van der Waals surface area (Å²) < 4.78 is 27.3. The van der Waals surface area contributed by atoms with Crippen molar-refractivity contribution < 1.29 is 22.9 Å². The molecule has 0 aliphatic carbocycles. The number of carbonyl (C=O) groups is 1. The van der Waals surface area contributed by atoms with Crippen molar-refractivity contribution in [1.82, 2.24) is 0 Å². The molecule has 8 nitrogen and oxygen atoms in total. The Morgan fingerprint density at radius 1 is 1.18 bits per heavy atom. The first-order chi connectivity index (χ1) is 7.74. The lowest BCUT2D eigenvalue weighted by atomic mass is 10.1. The van der Waals surface area contributed by atoms with Crippen LogP contribution in [0.2, 0.25) is 0 Å². The van der Waals surface area contributed by atoms with Crippen LogP contribution in [-0.4, -0.2) is 48.9 Å². The van der Waals surface area contributed by atoms with E-state index in [9.17, 15) is 13.2 Å². The van der Waals surface area contributed by atoms with Gasteiger partial charge in [0.05, 0.1) is 5.75 Å². The standard InChI is InChI=1S/C6H14N2O2.C2H7NO3S/c7-4-2-1-3-5(8)6(9)10;3-1-2-7(4,5)6/h5H,1-4,7-8H2,(H,9,10);1-3H2,(H,4,5,6). The molecule has 0 heterocycles. The molecule has 0 saturated carbocycles. The van der Waals surface area contributed by atoms with Gasteiger partial charge < -0.3 is 22.3 Å². The Bertz CT molecular complexity index is 294. The molecule has 1 unspecified atom stereocenters. The number of carboxylic acid groups (broad SMARTS) is 1. The SMILES string of the molecule is NCCCCC(N)C(=O)O.NCCS(=O)(=O)O. The monoisotopic (exact) mass is 271 g/mol. The Hall–Kier alpha value is -0.740. The average molecular weight is 271 g/mol. The first-order valence-corrected chi connectivity index (χ1v) is 6.69. The van der Waals surface area contributed by atoms with Crippen LogP contribution in [0.3, 0.4) is 0 Å². The van der Waals surface area contributed by atoms with E-state index in [-0.39, 0.29) is 12.3 Å². The molecule has 0 saturated heterocycles. The van der Waals surface area contributed by atoms with Gasteiger partial charge in [0, 0.05) is 6.54 Å². The largest absolute Gasteiger partial charge is 0.480 e. The van der Waals surface area contributed by atoms with E-state index < -0.39 is 22.1 Å². The molecule has 104 valence electrons. The predicted molar refractivity (Wildman–Crippen MR) is 64.0 cm³/mol. The molecule has 8 N–H and O–H groups in total. The molecule has 0 aliphatic heterocycles. The highest BCUT2D eigenvalue weighted by Gasteiger charge is 2.09. The quantitative estimate of drug-likeness (QED) is 0.271. The molecule has 0 amide bonds. The van der Waals surface area contributed by atoms with Crippen LogP contribution in [-0.2, 0) is 14.9 Å². The van der Waals surface area contributed by atoms with Crippen LogP contribution in [0.1, 0.15) is 19.3 Å². The highest BCUT2D eigenvalue weighted by Crippen LogP contribution is 1.96. The molecule has 0 fully saturated rings. The third-order valence-electron chi connectivity index (χ3n) is 1.66. The van der Waals surface area contributed by atoms with Crippen molar-refractivity contribution in [3.05, 3.63) is 0 Å². The van der Waals surface area contributed by atoms with Crippen LogP contribution in [0, 0.1) is 0 Å². The lowest BCUT2D eigenvalue weighted by molar-refractivity contribution is -0.138. The lowest BCUT2D eigenvalue weighted by Crippen LogP contribution is -2.29. The maximum atomic E-state index is 10.1. The summed E-state index contributed by atoms with van der Waals surface area (Å²) in [5.41, 5.74) is 15.2. The number of aliphatic carboxylic acids is 1. The molecule has 1 atom stereocenters. The Kier molecular flexibility index (Phi) is 11.4. The molecule has 0 rings (SSSR count). The van der Waals surface area contributed by atoms with E-state index in [0.29, 0.717) is 13.0 Å². The van der Waals surface area contributed by atoms with Gasteiger partial charge in [-0.25, -0.2) is 0 Å². The van der Waals surface area contributed by atoms with Crippen molar-refractivity contribution in [2.75, 3.05) is 18.8 Å². The fourth-order valence-electron chi connectivity index (χ4n) is 0.781. The van der Waals surface area contributed by atoms with Crippen molar-refractivity contribution in [1.29, 1.82) is 0 Å². The van der Waals surface area contributed by atoms with Crippen LogP contribution >= 0.6 is 0 Å². The molecular formula is C8H21N3O5S. The van der Waals surface area contributed by atoms with Crippen LogP contribution in [0.4, 0.5) is 0 Å². The van der Waals surface area contributed by atoms with Crippen molar-refractivity contribution in [3.8, 4) is 0 Å². The summed E-state index contributed by atoms with van der Waals surface area (Å²) in [6.07, 6.45) is 2.16. The zero-order valence-electron chi connectivity index (χ0n) is 9.58. The van der Waals surface area contributed by atoms with Crippen molar-refractivity contribution in [2.24, 2.45) is 17.2 Å². The summed E-state index contributed by atoms with van der Waals surface area (Å²) in [4.78, 5) is 10.1. The van der Waals surface area contributed by atoms with E-state index in [1.165, 1.54) is 0 Å². The number of hydrogen-bond acceptors (Lipinski definition) is 6. The topological polar surface area (TPSA) is 170 Å². The van der Waals surface area contributed by atoms with E-state index in [1.54, 1.807) is 0 Å². The molecule has 0 aliphatic rings. The normalized spacial score (nSPS) is 12.5. The van der Waals surface area contributed by atoms with Gasteiger partial charge in [-0.05, 0) is 19.4 Å². The second kappa shape index (κ2) is 10.4. The van der Waals surface area contributed by atoms with Gasteiger partial charge in [-0.15, -0.1) is 0 Å². The van der Waals surface area contributed by atoms with Crippen LogP contribution in [0.5, 0.6) is 0 Å². The smallest absolute Gasteiger partial charge is 0.320 e. The van der Waals surface area contributed by atoms with Crippen molar-refractivity contribution in [2.45, 2.75) is 25.3 Å². The fourth-order valence-corrected chi connectivity index (χ4v) is 1.08. The Labute approximate surface area is 101 Å². The first-order valence-electron chi connectivity index (χ1n) is 5.08. The van der Waals surface area contributed by atoms with Crippen molar-refractivity contribution in [3.63, 3.8) is 0 Å². The summed E-state index contributed by atoms with van der Waals surface area (Å²) in [6.45, 7) is 0.575. The van der Waals surface area contributed by atoms with E-state index in [1.807, 2.05) is 0 Å². The lowest BCUT2D eigenvalue weighted by Gasteiger charge is -2.03. The summed E-state index contributed by atoms with van der Waals surface area (Å²) in [7, 11) is -3.80. The van der Waals surface area contributed by atoms with Crippen molar-refractivity contribution >= 4 is 16.1 Å². The molecule has 0 radical (unpaired) electrons. The van der Waals surface area contributed by atoms with E-state index in [4.69, 9.17) is 26.9 Å². The zero-order valence-corrected chi connectivity index (χ0v) is 10.4. The molecule has 0 aromatic rings. The number of hydrogen-bond donors (Lipinski definition) is 5. The van der Waals surface area contributed by atoms with Gasteiger partial charge >= 0.3 is 5.97 Å². The molecule has 0 aromatic carbocycles. The summed E-state index contributed by atoms with van der Waals surface area (Å²) in [5.74, 6) is -1.29. The number of carboxylic acids is 1. The molecule has 9 heteroatoms. The molecule has 17 heavy (non-hydrogen) atoms. The number of unbranched alkanes of at least 4 members (excludes halogenated alkanes) is 1. The maximum absolute atomic E-state index is 10.1. The van der Waals surface area contributed by atoms with Gasteiger partial charge in [-0.1, -0.05) is 6.42 Å². The third-order valence-corrected chi connectivity index (χ3v) is 2.41. The summed E-state index contributed by atoms with van der Waals surface area (Å²) >= 11 is 0. The second-order valence-electron chi connectivity index (χ2n) is 3.30. The van der Waals surface area contributed by atoms with Crippen LogP contribution in [0.15, 0.2) is 0 Å². The molecule has 0 aromatic heterocycles. The third kappa shape index (κ3) is 17.9. The minimum atomic E-state index is -3.80. The van der Waals surface area contributed by atoms with Crippen LogP contribution in [0.25, 0.3) is 0 Å². The minimum Gasteiger partial charge on any atom is -0.480 e. The fraction of sp³-hybridized carbons (Fsp3) is 0.875. The van der Waals surface area contributed by atoms with E-state index in [0.717, 1.165) is 12.8 Å². The van der Waals surface area contributed by atoms with Gasteiger partial charge in [0.2, 0.25) is 0 Å². The molecule has 0 bridgehead atoms. The van der Waals surface area contributed by atoms with E-state index in [2.05, 4.69) is 0 Å². The highest BCUT2D eigenvalue weighted by atomic mass is 32.2. The zero-order chi connectivity index (χ0) is 13.9. The number of rotatable bonds is 7. The van der Waals surface area contributed by atoms with Gasteiger partial charge in [0.1, 0.15) is 6.04 Å². The second-order valence-corrected chi connectivity index (χ2v) is 4.88. The molecule has 0 spiro atoms. The Balaban J connectivity index is 0. The summed E-state index contributed by atoms with van der Waals surface area (Å²) in [5, 5.41) is 8.33. The Morgan fingerprint density at radius 3 is 1.94 bits per heavy atom. The van der Waals surface area contributed by atoms with Gasteiger partial charge in [0.15, 0.2) is 0 Å². The van der Waals surface area contributed by atoms with E-state index >= 15 is 0 Å². The van der Waals surface area contributed by atoms with Gasteiger partial charge in [-0.2, -0.15) is 8.42 Å². The first kappa shape index (κ1) is 18.6. The van der Waals surface area contributed by atoms with Gasteiger partial charge in [-0.3, -0.25) is 9.35 Å². The van der Waals surface area contributed by atoms with Crippen LogP contribution < -0.4 is 17.2 Å². The average Bonchev–Trinajstić information content (AvgIpc) is 2.16. The highest BCUT2D eigenvalue weighted by molar-refractivity contribution is 7.85. The summed E-state index contributed by atoms with van der Waals surface area (Å²) in [6, 6.07) is -0.716.